The molecule has 0 unspecified atom stereocenters. The molecule has 0 saturated carbocycles. The number of nitrogens with zero attached hydrogens (tertiary/aromatic N) is 2. The number of piperidine rings is 1. The minimum absolute atomic E-state index is 0.0193. The van der Waals surface area contributed by atoms with Crippen molar-refractivity contribution in [2.24, 2.45) is 13.0 Å². The summed E-state index contributed by atoms with van der Waals surface area (Å²) < 4.78 is 29.5. The van der Waals surface area contributed by atoms with E-state index in [-0.39, 0.29) is 21.9 Å². The van der Waals surface area contributed by atoms with Crippen molar-refractivity contribution in [3.63, 3.8) is 0 Å². The Morgan fingerprint density at radius 2 is 1.76 bits per heavy atom. The van der Waals surface area contributed by atoms with Crippen LogP contribution in [0.4, 0.5) is 0 Å². The third-order valence-corrected chi connectivity index (χ3v) is 8.33. The van der Waals surface area contributed by atoms with Crippen molar-refractivity contribution in [2.75, 3.05) is 13.1 Å². The van der Waals surface area contributed by atoms with Gasteiger partial charge in [0.1, 0.15) is 5.56 Å². The summed E-state index contributed by atoms with van der Waals surface area (Å²) in [6.45, 7) is 4.91. The molecule has 0 radical (unpaired) electrons. The van der Waals surface area contributed by atoms with Crippen molar-refractivity contribution in [1.82, 2.24) is 14.2 Å². The van der Waals surface area contributed by atoms with Crippen molar-refractivity contribution in [3.8, 4) is 0 Å². The van der Waals surface area contributed by atoms with Crippen molar-refractivity contribution >= 4 is 26.8 Å². The molecule has 1 atom stereocenters. The lowest BCUT2D eigenvalue weighted by Crippen LogP contribution is -2.38. The fourth-order valence-corrected chi connectivity index (χ4v) is 5.76. The molecule has 1 aromatic heterocycles. The van der Waals surface area contributed by atoms with Gasteiger partial charge in [-0.3, -0.25) is 9.59 Å². The Hall–Kier alpha value is -2.97. The molecule has 33 heavy (non-hydrogen) atoms. The molecule has 1 fully saturated rings. The largest absolute Gasteiger partial charge is 0.350 e. The Morgan fingerprint density at radius 3 is 2.42 bits per heavy atom. The average Bonchev–Trinajstić information content (AvgIpc) is 2.81. The number of nitrogens with one attached hydrogen (secondary N) is 1. The maximum absolute atomic E-state index is 13.3. The molecular weight excluding hydrogens is 438 g/mol. The zero-order chi connectivity index (χ0) is 23.8. The molecular formula is C25H29N3O4S. The number of carbonyl (C=O) groups is 1. The fraction of sp³-hybridized carbons (Fsp3) is 0.360. The van der Waals surface area contributed by atoms with Crippen LogP contribution in [0.5, 0.6) is 0 Å². The number of sulfonamides is 1. The molecule has 8 heteroatoms. The van der Waals surface area contributed by atoms with E-state index in [0.717, 1.165) is 18.4 Å². The second-order valence-electron chi connectivity index (χ2n) is 8.85. The first kappa shape index (κ1) is 23.2. The van der Waals surface area contributed by atoms with Gasteiger partial charge in [0.15, 0.2) is 0 Å². The van der Waals surface area contributed by atoms with Gasteiger partial charge in [0.25, 0.3) is 5.91 Å². The molecule has 1 aliphatic rings. The van der Waals surface area contributed by atoms with Gasteiger partial charge in [-0.1, -0.05) is 37.3 Å². The van der Waals surface area contributed by atoms with E-state index < -0.39 is 21.4 Å². The molecule has 0 bridgehead atoms. The Morgan fingerprint density at radius 1 is 1.09 bits per heavy atom. The number of fused-ring (bicyclic) bond motifs is 1. The highest BCUT2D eigenvalue weighted by molar-refractivity contribution is 7.89. The van der Waals surface area contributed by atoms with Crippen LogP contribution in [-0.4, -0.2) is 36.3 Å². The highest BCUT2D eigenvalue weighted by Gasteiger charge is 2.29. The summed E-state index contributed by atoms with van der Waals surface area (Å²) in [5.41, 5.74) is 0.992. The van der Waals surface area contributed by atoms with Gasteiger partial charge in [-0.25, -0.2) is 8.42 Å². The molecule has 174 valence electrons. The van der Waals surface area contributed by atoms with E-state index in [0.29, 0.717) is 24.5 Å². The summed E-state index contributed by atoms with van der Waals surface area (Å²) in [4.78, 5) is 26.3. The molecule has 7 nitrogen and oxygen atoms in total. The monoisotopic (exact) mass is 467 g/mol. The van der Waals surface area contributed by atoms with Crippen LogP contribution in [0.15, 0.2) is 64.4 Å². The second-order valence-corrected chi connectivity index (χ2v) is 10.8. The van der Waals surface area contributed by atoms with Crippen LogP contribution in [0.3, 0.4) is 0 Å². The molecule has 0 spiro atoms. The summed E-state index contributed by atoms with van der Waals surface area (Å²) in [5, 5.41) is 3.08. The molecule has 1 N–H and O–H groups in total. The SMILES string of the molecule is CC1CCN(S(=O)(=O)c2ccc3c(c2)c(=O)c(C(=O)N[C@H](C)c2ccccc2)cn3C)CC1. The van der Waals surface area contributed by atoms with Crippen molar-refractivity contribution in [3.05, 3.63) is 76.1 Å². The smallest absolute Gasteiger partial charge is 0.257 e. The van der Waals surface area contributed by atoms with Crippen molar-refractivity contribution < 1.29 is 13.2 Å². The molecule has 1 saturated heterocycles. The Kier molecular flexibility index (Phi) is 6.41. The number of hydrogen-bond donors (Lipinski definition) is 1. The van der Waals surface area contributed by atoms with E-state index in [9.17, 15) is 18.0 Å². The first-order chi connectivity index (χ1) is 15.7. The lowest BCUT2D eigenvalue weighted by Gasteiger charge is -2.29. The topological polar surface area (TPSA) is 88.5 Å². The van der Waals surface area contributed by atoms with Gasteiger partial charge in [-0.15, -0.1) is 0 Å². The number of hydrogen-bond acceptors (Lipinski definition) is 4. The van der Waals surface area contributed by atoms with Gasteiger partial charge < -0.3 is 9.88 Å². The quantitative estimate of drug-likeness (QED) is 0.623. The molecule has 3 aromatic rings. The van der Waals surface area contributed by atoms with Crippen molar-refractivity contribution in [1.29, 1.82) is 0 Å². The van der Waals surface area contributed by atoms with Gasteiger partial charge >= 0.3 is 0 Å². The lowest BCUT2D eigenvalue weighted by atomic mass is 10.0. The average molecular weight is 468 g/mol. The zero-order valence-corrected chi connectivity index (χ0v) is 19.9. The molecule has 1 amide bonds. The van der Waals surface area contributed by atoms with Crippen LogP contribution >= 0.6 is 0 Å². The van der Waals surface area contributed by atoms with Crippen LogP contribution in [0, 0.1) is 5.92 Å². The summed E-state index contributed by atoms with van der Waals surface area (Å²) in [6.07, 6.45) is 3.13. The molecule has 0 aliphatic carbocycles. The van der Waals surface area contributed by atoms with E-state index in [1.165, 1.54) is 22.6 Å². The Balaban J connectivity index is 1.69. The summed E-state index contributed by atoms with van der Waals surface area (Å²) in [7, 11) is -1.97. The number of rotatable bonds is 5. The summed E-state index contributed by atoms with van der Waals surface area (Å²) >= 11 is 0. The van der Waals surface area contributed by atoms with Gasteiger partial charge in [0.2, 0.25) is 15.5 Å². The van der Waals surface area contributed by atoms with Gasteiger partial charge in [0, 0.05) is 31.7 Å². The van der Waals surface area contributed by atoms with Crippen LogP contribution in [0.25, 0.3) is 10.9 Å². The van der Waals surface area contributed by atoms with E-state index in [1.54, 1.807) is 17.7 Å². The minimum Gasteiger partial charge on any atom is -0.350 e. The second kappa shape index (κ2) is 9.11. The van der Waals surface area contributed by atoms with Crippen LogP contribution < -0.4 is 10.7 Å². The minimum atomic E-state index is -3.71. The van der Waals surface area contributed by atoms with Gasteiger partial charge in [-0.05, 0) is 49.4 Å². The van der Waals surface area contributed by atoms with E-state index >= 15 is 0 Å². The number of aromatic nitrogens is 1. The molecule has 1 aliphatic heterocycles. The van der Waals surface area contributed by atoms with E-state index in [4.69, 9.17) is 0 Å². The van der Waals surface area contributed by atoms with Crippen LogP contribution in [-0.2, 0) is 17.1 Å². The van der Waals surface area contributed by atoms with Crippen LogP contribution in [0.2, 0.25) is 0 Å². The standard InChI is InChI=1S/C25H29N3O4S/c1-17-11-13-28(14-12-17)33(31,32)20-9-10-23-21(15-20)24(29)22(16-27(23)3)25(30)26-18(2)19-7-5-4-6-8-19/h4-10,15-18H,11-14H2,1-3H3,(H,26,30)/t18-/m1/s1. The normalized spacial score (nSPS) is 16.6. The highest BCUT2D eigenvalue weighted by atomic mass is 32.2. The predicted octanol–water partition coefficient (Wildman–Crippen LogP) is 3.45. The zero-order valence-electron chi connectivity index (χ0n) is 19.1. The number of pyridine rings is 1. The Labute approximate surface area is 194 Å². The van der Waals surface area contributed by atoms with Crippen molar-refractivity contribution in [2.45, 2.75) is 37.6 Å². The van der Waals surface area contributed by atoms with Gasteiger partial charge in [0.05, 0.1) is 16.5 Å². The summed E-state index contributed by atoms with van der Waals surface area (Å²) in [5.74, 6) is 0.00632. The van der Waals surface area contributed by atoms with E-state index in [2.05, 4.69) is 12.2 Å². The maximum atomic E-state index is 13.3. The summed E-state index contributed by atoms with van der Waals surface area (Å²) in [6, 6.07) is 13.8. The third kappa shape index (κ3) is 4.58. The van der Waals surface area contributed by atoms with Gasteiger partial charge in [-0.2, -0.15) is 4.31 Å². The number of amides is 1. The Bertz CT molecular complexity index is 1340. The first-order valence-corrected chi connectivity index (χ1v) is 12.6. The lowest BCUT2D eigenvalue weighted by molar-refractivity contribution is 0.0938. The number of carbonyl (C=O) groups excluding carboxylic acids is 1. The fourth-order valence-electron chi connectivity index (χ4n) is 4.27. The maximum Gasteiger partial charge on any atom is 0.257 e. The van der Waals surface area contributed by atoms with E-state index in [1.807, 2.05) is 37.3 Å². The predicted molar refractivity (Wildman–Crippen MR) is 129 cm³/mol. The molecule has 2 heterocycles. The molecule has 4 rings (SSSR count). The number of aryl methyl sites for hydroxylation is 1. The number of benzene rings is 2. The molecule has 2 aromatic carbocycles. The van der Waals surface area contributed by atoms with Crippen LogP contribution in [0.1, 0.15) is 48.7 Å². The third-order valence-electron chi connectivity index (χ3n) is 6.43. The highest BCUT2D eigenvalue weighted by Crippen LogP contribution is 2.25. The first-order valence-electron chi connectivity index (χ1n) is 11.2.